The van der Waals surface area contributed by atoms with Gasteiger partial charge in [0.2, 0.25) is 0 Å². The number of rotatable bonds is 4. The smallest absolute Gasteiger partial charge is 0.193 e. The first-order valence-electron chi connectivity index (χ1n) is 6.24. The van der Waals surface area contributed by atoms with E-state index in [4.69, 9.17) is 16.3 Å². The topological polar surface area (TPSA) is 36.9 Å². The van der Waals surface area contributed by atoms with Crippen LogP contribution in [0, 0.1) is 5.82 Å². The zero-order chi connectivity index (χ0) is 13.7. The highest BCUT2D eigenvalue weighted by molar-refractivity contribution is 6.30. The van der Waals surface area contributed by atoms with Gasteiger partial charge in [-0.15, -0.1) is 0 Å². The molecule has 104 valence electrons. The summed E-state index contributed by atoms with van der Waals surface area (Å²) in [6.07, 6.45) is 1.09. The highest BCUT2D eigenvalue weighted by atomic mass is 35.5. The van der Waals surface area contributed by atoms with E-state index >= 15 is 0 Å². The van der Waals surface area contributed by atoms with Gasteiger partial charge in [0.15, 0.2) is 5.96 Å². The predicted molar refractivity (Wildman–Crippen MR) is 74.5 cm³/mol. The molecule has 0 bridgehead atoms. The molecule has 0 spiro atoms. The summed E-state index contributed by atoms with van der Waals surface area (Å²) in [7, 11) is 2.01. The fourth-order valence-electron chi connectivity index (χ4n) is 1.81. The van der Waals surface area contributed by atoms with Gasteiger partial charge in [0.05, 0.1) is 11.6 Å². The van der Waals surface area contributed by atoms with E-state index in [1.54, 1.807) is 6.07 Å². The van der Waals surface area contributed by atoms with Crippen molar-refractivity contribution < 1.29 is 9.13 Å². The lowest BCUT2D eigenvalue weighted by Gasteiger charge is -2.25. The van der Waals surface area contributed by atoms with Crippen molar-refractivity contribution in [2.75, 3.05) is 33.3 Å². The van der Waals surface area contributed by atoms with Gasteiger partial charge in [0.1, 0.15) is 18.2 Å². The zero-order valence-electron chi connectivity index (χ0n) is 10.8. The van der Waals surface area contributed by atoms with E-state index < -0.39 is 5.82 Å². The molecule has 1 aromatic carbocycles. The molecule has 4 nitrogen and oxygen atoms in total. The number of halogens is 2. The molecule has 0 atom stereocenters. The Balaban J connectivity index is 1.74. The van der Waals surface area contributed by atoms with Crippen molar-refractivity contribution in [3.8, 4) is 5.75 Å². The lowest BCUT2D eigenvalue weighted by Crippen LogP contribution is -2.43. The Labute approximate surface area is 117 Å². The summed E-state index contributed by atoms with van der Waals surface area (Å²) in [5.41, 5.74) is 0. The average molecular weight is 286 g/mol. The van der Waals surface area contributed by atoms with Crippen LogP contribution in [0.4, 0.5) is 4.39 Å². The lowest BCUT2D eigenvalue weighted by atomic mass is 10.3. The van der Waals surface area contributed by atoms with E-state index in [0.717, 1.165) is 25.5 Å². The normalized spacial score (nSPS) is 15.1. The summed E-state index contributed by atoms with van der Waals surface area (Å²) >= 11 is 5.67. The Bertz CT molecular complexity index is 467. The molecule has 1 N–H and O–H groups in total. The van der Waals surface area contributed by atoms with E-state index in [2.05, 4.69) is 15.2 Å². The standard InChI is InChI=1S/C13H17ClFN3O/c1-18-7-2-5-16-13(18)17-6-8-19-10-3-4-12(15)11(14)9-10/h3-4,9H,2,5-8H2,1H3,(H,16,17). The summed E-state index contributed by atoms with van der Waals surface area (Å²) in [5, 5.41) is 3.28. The van der Waals surface area contributed by atoms with Crippen LogP contribution < -0.4 is 10.1 Å². The van der Waals surface area contributed by atoms with Gasteiger partial charge in [-0.1, -0.05) is 11.6 Å². The van der Waals surface area contributed by atoms with Crippen LogP contribution in [0.5, 0.6) is 5.75 Å². The maximum atomic E-state index is 13.0. The second kappa shape index (κ2) is 6.61. The summed E-state index contributed by atoms with van der Waals surface area (Å²) in [6, 6.07) is 4.33. The Hall–Kier alpha value is -1.49. The minimum absolute atomic E-state index is 0.0712. The maximum absolute atomic E-state index is 13.0. The molecule has 0 saturated heterocycles. The molecular formula is C13H17ClFN3O. The van der Waals surface area contributed by atoms with E-state index in [1.807, 2.05) is 7.05 Å². The Morgan fingerprint density at radius 1 is 1.53 bits per heavy atom. The lowest BCUT2D eigenvalue weighted by molar-refractivity contribution is 0.318. The molecule has 1 aromatic rings. The average Bonchev–Trinajstić information content (AvgIpc) is 2.40. The summed E-state index contributed by atoms with van der Waals surface area (Å²) in [6.45, 7) is 2.98. The molecule has 0 saturated carbocycles. The Morgan fingerprint density at radius 2 is 2.37 bits per heavy atom. The SMILES string of the molecule is CN1CCCN=C1NCCOc1ccc(F)c(Cl)c1. The van der Waals surface area contributed by atoms with Crippen molar-refractivity contribution in [1.82, 2.24) is 10.2 Å². The fourth-order valence-corrected chi connectivity index (χ4v) is 1.98. The molecule has 1 aliphatic heterocycles. The predicted octanol–water partition coefficient (Wildman–Crippen LogP) is 2.14. The number of benzene rings is 1. The number of aliphatic imine (C=N–C) groups is 1. The quantitative estimate of drug-likeness (QED) is 0.861. The van der Waals surface area contributed by atoms with Crippen molar-refractivity contribution in [1.29, 1.82) is 0 Å². The largest absolute Gasteiger partial charge is 0.492 e. The Morgan fingerprint density at radius 3 is 3.11 bits per heavy atom. The number of hydrogen-bond acceptors (Lipinski definition) is 4. The molecule has 0 unspecified atom stereocenters. The van der Waals surface area contributed by atoms with Gasteiger partial charge in [-0.2, -0.15) is 0 Å². The molecule has 2 rings (SSSR count). The van der Waals surface area contributed by atoms with Crippen LogP contribution in [-0.2, 0) is 0 Å². The van der Waals surface area contributed by atoms with Crippen LogP contribution in [0.15, 0.2) is 23.2 Å². The monoisotopic (exact) mass is 285 g/mol. The van der Waals surface area contributed by atoms with Gasteiger partial charge in [-0.3, -0.25) is 4.99 Å². The van der Waals surface area contributed by atoms with Crippen LogP contribution >= 0.6 is 11.6 Å². The van der Waals surface area contributed by atoms with Crippen LogP contribution in [-0.4, -0.2) is 44.1 Å². The summed E-state index contributed by atoms with van der Waals surface area (Å²) < 4.78 is 18.4. The second-order valence-corrected chi connectivity index (χ2v) is 4.74. The molecule has 0 aliphatic carbocycles. The van der Waals surface area contributed by atoms with Crippen molar-refractivity contribution in [2.45, 2.75) is 6.42 Å². The van der Waals surface area contributed by atoms with Crippen LogP contribution in [0.3, 0.4) is 0 Å². The van der Waals surface area contributed by atoms with Crippen LogP contribution in [0.2, 0.25) is 5.02 Å². The third kappa shape index (κ3) is 3.99. The van der Waals surface area contributed by atoms with Gasteiger partial charge in [-0.05, 0) is 18.6 Å². The van der Waals surface area contributed by atoms with Crippen molar-refractivity contribution >= 4 is 17.6 Å². The van der Waals surface area contributed by atoms with Crippen molar-refractivity contribution in [2.24, 2.45) is 4.99 Å². The zero-order valence-corrected chi connectivity index (χ0v) is 11.6. The number of hydrogen-bond donors (Lipinski definition) is 1. The molecule has 0 fully saturated rings. The van der Waals surface area contributed by atoms with Crippen LogP contribution in [0.25, 0.3) is 0 Å². The summed E-state index contributed by atoms with van der Waals surface area (Å²) in [5.74, 6) is 1.02. The number of nitrogens with one attached hydrogen (secondary N) is 1. The number of ether oxygens (including phenoxy) is 1. The highest BCUT2D eigenvalue weighted by Crippen LogP contribution is 2.20. The molecule has 6 heteroatoms. The second-order valence-electron chi connectivity index (χ2n) is 4.33. The molecular weight excluding hydrogens is 269 g/mol. The van der Waals surface area contributed by atoms with Gasteiger partial charge in [0, 0.05) is 26.2 Å². The van der Waals surface area contributed by atoms with Gasteiger partial charge in [0.25, 0.3) is 0 Å². The molecule has 0 aromatic heterocycles. The molecule has 0 amide bonds. The third-order valence-electron chi connectivity index (χ3n) is 2.82. The minimum atomic E-state index is -0.440. The van der Waals surface area contributed by atoms with Gasteiger partial charge >= 0.3 is 0 Å². The first kappa shape index (κ1) is 13.9. The number of guanidine groups is 1. The van der Waals surface area contributed by atoms with Gasteiger partial charge in [-0.25, -0.2) is 4.39 Å². The third-order valence-corrected chi connectivity index (χ3v) is 3.11. The van der Waals surface area contributed by atoms with E-state index in [9.17, 15) is 4.39 Å². The first-order chi connectivity index (χ1) is 9.16. The number of nitrogens with zero attached hydrogens (tertiary/aromatic N) is 2. The van der Waals surface area contributed by atoms with E-state index in [1.165, 1.54) is 12.1 Å². The van der Waals surface area contributed by atoms with Crippen LogP contribution in [0.1, 0.15) is 6.42 Å². The first-order valence-corrected chi connectivity index (χ1v) is 6.62. The molecule has 19 heavy (non-hydrogen) atoms. The summed E-state index contributed by atoms with van der Waals surface area (Å²) in [4.78, 5) is 6.47. The Kier molecular flexibility index (Phi) is 4.85. The van der Waals surface area contributed by atoms with Gasteiger partial charge < -0.3 is 15.0 Å². The van der Waals surface area contributed by atoms with Crippen molar-refractivity contribution in [3.05, 3.63) is 29.0 Å². The maximum Gasteiger partial charge on any atom is 0.193 e. The highest BCUT2D eigenvalue weighted by Gasteiger charge is 2.09. The van der Waals surface area contributed by atoms with E-state index in [-0.39, 0.29) is 5.02 Å². The fraction of sp³-hybridized carbons (Fsp3) is 0.462. The van der Waals surface area contributed by atoms with Crippen molar-refractivity contribution in [3.63, 3.8) is 0 Å². The molecule has 1 heterocycles. The molecule has 1 aliphatic rings. The molecule has 0 radical (unpaired) electrons. The van der Waals surface area contributed by atoms with E-state index in [0.29, 0.717) is 18.9 Å². The minimum Gasteiger partial charge on any atom is -0.492 e.